The molecule has 54 heavy (non-hydrogen) atoms. The fourth-order valence-electron chi connectivity index (χ4n) is 7.73. The van der Waals surface area contributed by atoms with E-state index in [0.29, 0.717) is 5.82 Å². The van der Waals surface area contributed by atoms with Gasteiger partial charge in [-0.2, -0.15) is 0 Å². The number of hydrogen-bond acceptors (Lipinski definition) is 4. The van der Waals surface area contributed by atoms with Crippen LogP contribution in [0.3, 0.4) is 0 Å². The van der Waals surface area contributed by atoms with Crippen molar-refractivity contribution in [2.75, 3.05) is 0 Å². The van der Waals surface area contributed by atoms with Gasteiger partial charge in [0.1, 0.15) is 11.2 Å². The standard InChI is InChI=1S/C50H30N2OS/c1-2-11-32(12-3-1)50-51-44(36-20-22-47-42(29-36)40-14-6-8-16-46(40)53-47)30-45(52-50)39-26-37(34-19-18-31-10-4-5-13-33(31)24-34)25-38(27-39)35-21-23-49-43(28-35)41-15-7-9-17-48(41)54-49/h1-30H. The SMILES string of the molecule is c1ccc(-c2nc(-c3cc(-c4ccc5ccccc5c4)cc(-c4ccc5sc6ccccc6c5c4)c3)cc(-c3ccc4oc5ccccc5c4c3)n2)cc1. The van der Waals surface area contributed by atoms with Gasteiger partial charge in [-0.05, 0) is 106 Å². The van der Waals surface area contributed by atoms with Gasteiger partial charge in [0.25, 0.3) is 0 Å². The Hall–Kier alpha value is -6.88. The number of benzene rings is 8. The van der Waals surface area contributed by atoms with E-state index >= 15 is 0 Å². The molecule has 8 aromatic carbocycles. The highest BCUT2D eigenvalue weighted by molar-refractivity contribution is 7.25. The van der Waals surface area contributed by atoms with Gasteiger partial charge in [-0.25, -0.2) is 9.97 Å². The van der Waals surface area contributed by atoms with Crippen molar-refractivity contribution in [2.24, 2.45) is 0 Å². The van der Waals surface area contributed by atoms with E-state index in [1.807, 2.05) is 41.7 Å². The highest BCUT2D eigenvalue weighted by Crippen LogP contribution is 2.40. The number of thiophene rings is 1. The number of para-hydroxylation sites is 1. The lowest BCUT2D eigenvalue weighted by molar-refractivity contribution is 0.669. The second kappa shape index (κ2) is 12.4. The van der Waals surface area contributed by atoms with Crippen molar-refractivity contribution < 1.29 is 4.42 Å². The number of aromatic nitrogens is 2. The zero-order chi connectivity index (χ0) is 35.6. The van der Waals surface area contributed by atoms with Crippen LogP contribution < -0.4 is 0 Å². The van der Waals surface area contributed by atoms with Crippen molar-refractivity contribution in [1.82, 2.24) is 9.97 Å². The van der Waals surface area contributed by atoms with E-state index in [9.17, 15) is 0 Å². The van der Waals surface area contributed by atoms with Crippen LogP contribution in [-0.2, 0) is 0 Å². The molecular weight excluding hydrogens is 677 g/mol. The van der Waals surface area contributed by atoms with E-state index in [1.54, 1.807) is 0 Å². The Balaban J connectivity index is 1.14. The van der Waals surface area contributed by atoms with Gasteiger partial charge in [-0.1, -0.05) is 109 Å². The molecular formula is C50H30N2OS. The third-order valence-corrected chi connectivity index (χ3v) is 11.6. The normalized spacial score (nSPS) is 11.7. The minimum Gasteiger partial charge on any atom is -0.456 e. The zero-order valence-corrected chi connectivity index (χ0v) is 29.8. The van der Waals surface area contributed by atoms with Crippen LogP contribution >= 0.6 is 11.3 Å². The molecule has 0 aliphatic rings. The van der Waals surface area contributed by atoms with Crippen molar-refractivity contribution in [1.29, 1.82) is 0 Å². The Morgan fingerprint density at radius 3 is 1.81 bits per heavy atom. The predicted octanol–water partition coefficient (Wildman–Crippen LogP) is 14.2. The average Bonchev–Trinajstić information content (AvgIpc) is 3.81. The van der Waals surface area contributed by atoms with Gasteiger partial charge in [0.2, 0.25) is 0 Å². The van der Waals surface area contributed by atoms with E-state index < -0.39 is 0 Å². The second-order valence-corrected chi connectivity index (χ2v) is 14.9. The lowest BCUT2D eigenvalue weighted by Crippen LogP contribution is -1.96. The maximum atomic E-state index is 6.18. The third kappa shape index (κ3) is 5.27. The Bertz CT molecular complexity index is 3230. The number of rotatable bonds is 5. The molecule has 0 saturated carbocycles. The fourth-order valence-corrected chi connectivity index (χ4v) is 8.81. The first-order chi connectivity index (χ1) is 26.7. The van der Waals surface area contributed by atoms with Gasteiger partial charge < -0.3 is 4.42 Å². The summed E-state index contributed by atoms with van der Waals surface area (Å²) >= 11 is 1.84. The number of fused-ring (bicyclic) bond motifs is 7. The molecule has 0 atom stereocenters. The topological polar surface area (TPSA) is 38.9 Å². The van der Waals surface area contributed by atoms with E-state index in [2.05, 4.69) is 152 Å². The predicted molar refractivity (Wildman–Crippen MR) is 227 cm³/mol. The largest absolute Gasteiger partial charge is 0.456 e. The second-order valence-electron chi connectivity index (χ2n) is 13.8. The fraction of sp³-hybridized carbons (Fsp3) is 0. The first kappa shape index (κ1) is 30.7. The first-order valence-electron chi connectivity index (χ1n) is 18.1. The molecule has 0 N–H and O–H groups in total. The van der Waals surface area contributed by atoms with E-state index in [1.165, 1.54) is 36.5 Å². The average molecular weight is 707 g/mol. The quantitative estimate of drug-likeness (QED) is 0.179. The molecule has 0 bridgehead atoms. The Morgan fingerprint density at radius 2 is 0.944 bits per heavy atom. The van der Waals surface area contributed by atoms with Crippen molar-refractivity contribution in [3.63, 3.8) is 0 Å². The van der Waals surface area contributed by atoms with Gasteiger partial charge in [0, 0.05) is 47.6 Å². The Kier molecular flexibility index (Phi) is 7.04. The third-order valence-electron chi connectivity index (χ3n) is 10.5. The van der Waals surface area contributed by atoms with Crippen LogP contribution in [0, 0.1) is 0 Å². The number of nitrogens with zero attached hydrogens (tertiary/aromatic N) is 2. The van der Waals surface area contributed by atoms with E-state index in [4.69, 9.17) is 14.4 Å². The van der Waals surface area contributed by atoms with Gasteiger partial charge >= 0.3 is 0 Å². The summed E-state index contributed by atoms with van der Waals surface area (Å²) in [5.74, 6) is 0.684. The van der Waals surface area contributed by atoms with Crippen LogP contribution in [0.15, 0.2) is 186 Å². The van der Waals surface area contributed by atoms with Gasteiger partial charge in [0.05, 0.1) is 11.4 Å². The van der Waals surface area contributed by atoms with Crippen LogP contribution in [0.1, 0.15) is 0 Å². The van der Waals surface area contributed by atoms with Crippen LogP contribution in [0.5, 0.6) is 0 Å². The number of furan rings is 1. The summed E-state index contributed by atoms with van der Waals surface area (Å²) in [4.78, 5) is 10.5. The van der Waals surface area contributed by atoms with Crippen LogP contribution in [0.4, 0.5) is 0 Å². The molecule has 3 aromatic heterocycles. The molecule has 3 nitrogen and oxygen atoms in total. The molecule has 0 spiro atoms. The van der Waals surface area contributed by atoms with Gasteiger partial charge in [0.15, 0.2) is 5.82 Å². The molecule has 4 heteroatoms. The van der Waals surface area contributed by atoms with E-state index in [0.717, 1.165) is 66.7 Å². The van der Waals surface area contributed by atoms with Crippen molar-refractivity contribution in [3.8, 4) is 56.2 Å². The summed E-state index contributed by atoms with van der Waals surface area (Å²) in [5, 5.41) is 7.18. The molecule has 0 aliphatic heterocycles. The minimum absolute atomic E-state index is 0.684. The Labute approximate surface area is 315 Å². The maximum absolute atomic E-state index is 6.18. The summed E-state index contributed by atoms with van der Waals surface area (Å²) in [6, 6.07) is 64.7. The molecule has 3 heterocycles. The van der Waals surface area contributed by atoms with E-state index in [-0.39, 0.29) is 0 Å². The smallest absolute Gasteiger partial charge is 0.160 e. The minimum atomic E-state index is 0.684. The molecule has 0 fully saturated rings. The van der Waals surface area contributed by atoms with Crippen LogP contribution in [0.2, 0.25) is 0 Å². The highest BCUT2D eigenvalue weighted by Gasteiger charge is 2.16. The number of hydrogen-bond donors (Lipinski definition) is 0. The zero-order valence-electron chi connectivity index (χ0n) is 29.0. The van der Waals surface area contributed by atoms with Gasteiger partial charge in [-0.3, -0.25) is 0 Å². The molecule has 11 aromatic rings. The lowest BCUT2D eigenvalue weighted by atomic mass is 9.93. The van der Waals surface area contributed by atoms with Crippen molar-refractivity contribution in [2.45, 2.75) is 0 Å². The van der Waals surface area contributed by atoms with Crippen LogP contribution in [-0.4, -0.2) is 9.97 Å². The lowest BCUT2D eigenvalue weighted by Gasteiger charge is -2.14. The summed E-state index contributed by atoms with van der Waals surface area (Å²) in [6.45, 7) is 0. The van der Waals surface area contributed by atoms with Gasteiger partial charge in [-0.15, -0.1) is 11.3 Å². The summed E-state index contributed by atoms with van der Waals surface area (Å²) < 4.78 is 8.78. The Morgan fingerprint density at radius 1 is 0.333 bits per heavy atom. The summed E-state index contributed by atoms with van der Waals surface area (Å²) in [7, 11) is 0. The first-order valence-corrected chi connectivity index (χ1v) is 18.9. The molecule has 0 amide bonds. The molecule has 0 radical (unpaired) electrons. The molecule has 0 aliphatic carbocycles. The summed E-state index contributed by atoms with van der Waals surface area (Å²) in [5.41, 5.74) is 11.1. The van der Waals surface area contributed by atoms with Crippen LogP contribution in [0.25, 0.3) is 109 Å². The molecule has 0 unspecified atom stereocenters. The molecule has 0 saturated heterocycles. The van der Waals surface area contributed by atoms with Crippen molar-refractivity contribution in [3.05, 3.63) is 182 Å². The summed E-state index contributed by atoms with van der Waals surface area (Å²) in [6.07, 6.45) is 0. The maximum Gasteiger partial charge on any atom is 0.160 e. The molecule has 252 valence electrons. The monoisotopic (exact) mass is 706 g/mol. The van der Waals surface area contributed by atoms with Crippen molar-refractivity contribution >= 4 is 64.2 Å². The highest BCUT2D eigenvalue weighted by atomic mass is 32.1. The molecule has 11 rings (SSSR count).